The molecule has 2 aromatic rings. The second-order valence-corrected chi connectivity index (χ2v) is 8.81. The van der Waals surface area contributed by atoms with Gasteiger partial charge in [-0.1, -0.05) is 12.1 Å². The third kappa shape index (κ3) is 5.01. The molecule has 1 aliphatic carbocycles. The zero-order valence-corrected chi connectivity index (χ0v) is 18.2. The van der Waals surface area contributed by atoms with E-state index in [4.69, 9.17) is 4.74 Å². The van der Waals surface area contributed by atoms with Crippen molar-refractivity contribution in [3.63, 3.8) is 0 Å². The number of hydrogen-bond acceptors (Lipinski definition) is 4. The molecule has 2 aliphatic rings. The molecular weight excluding hydrogens is 374 g/mol. The first-order valence-electron chi connectivity index (χ1n) is 11.3. The number of rotatable bonds is 5. The molecule has 160 valence electrons. The Balaban J connectivity index is 1.24. The van der Waals surface area contributed by atoms with E-state index in [0.29, 0.717) is 11.9 Å². The number of pyridine rings is 1. The topological polar surface area (TPSA) is 45.7 Å². The van der Waals surface area contributed by atoms with Crippen molar-refractivity contribution in [2.75, 3.05) is 26.2 Å². The summed E-state index contributed by atoms with van der Waals surface area (Å²) in [6.45, 7) is 8.19. The van der Waals surface area contributed by atoms with Crippen LogP contribution in [0.3, 0.4) is 0 Å². The van der Waals surface area contributed by atoms with Gasteiger partial charge >= 0.3 is 0 Å². The van der Waals surface area contributed by atoms with Crippen molar-refractivity contribution in [1.82, 2.24) is 14.8 Å². The van der Waals surface area contributed by atoms with Gasteiger partial charge in [-0.2, -0.15) is 0 Å². The van der Waals surface area contributed by atoms with Crippen LogP contribution < -0.4 is 4.74 Å². The molecule has 30 heavy (non-hydrogen) atoms. The van der Waals surface area contributed by atoms with Crippen LogP contribution in [0.2, 0.25) is 0 Å². The molecule has 1 saturated carbocycles. The molecule has 5 nitrogen and oxygen atoms in total. The normalized spacial score (nSPS) is 22.8. The first kappa shape index (κ1) is 20.9. The van der Waals surface area contributed by atoms with E-state index in [1.807, 2.05) is 36.7 Å². The van der Waals surface area contributed by atoms with Crippen molar-refractivity contribution in [2.45, 2.75) is 51.7 Å². The predicted molar refractivity (Wildman–Crippen MR) is 119 cm³/mol. The summed E-state index contributed by atoms with van der Waals surface area (Å²) < 4.78 is 6.22. The van der Waals surface area contributed by atoms with Gasteiger partial charge < -0.3 is 9.64 Å². The molecule has 1 aromatic carbocycles. The van der Waals surface area contributed by atoms with Crippen molar-refractivity contribution >= 4 is 5.91 Å². The maximum atomic E-state index is 12.9. The molecule has 4 rings (SSSR count). The Labute approximate surface area is 180 Å². The van der Waals surface area contributed by atoms with Crippen molar-refractivity contribution < 1.29 is 9.53 Å². The molecule has 0 radical (unpaired) electrons. The number of benzene rings is 1. The molecule has 0 bridgehead atoms. The third-order valence-electron chi connectivity index (χ3n) is 6.55. The number of piperazine rings is 1. The highest BCUT2D eigenvalue weighted by Crippen LogP contribution is 2.30. The fourth-order valence-corrected chi connectivity index (χ4v) is 4.61. The summed E-state index contributed by atoms with van der Waals surface area (Å²) in [5.74, 6) is 1.44. The van der Waals surface area contributed by atoms with Gasteiger partial charge in [-0.25, -0.2) is 0 Å². The van der Waals surface area contributed by atoms with Crippen LogP contribution in [0.25, 0.3) is 11.1 Å². The van der Waals surface area contributed by atoms with E-state index in [0.717, 1.165) is 68.7 Å². The largest absolute Gasteiger partial charge is 0.490 e. The highest BCUT2D eigenvalue weighted by molar-refractivity contribution is 5.79. The number of aromatic nitrogens is 1. The van der Waals surface area contributed by atoms with Crippen LogP contribution in [-0.2, 0) is 4.79 Å². The summed E-state index contributed by atoms with van der Waals surface area (Å²) in [6, 6.07) is 12.9. The highest BCUT2D eigenvalue weighted by atomic mass is 16.5. The average molecular weight is 408 g/mol. The van der Waals surface area contributed by atoms with Gasteiger partial charge in [-0.15, -0.1) is 0 Å². The van der Waals surface area contributed by atoms with Crippen molar-refractivity contribution in [3.05, 3.63) is 48.8 Å². The fraction of sp³-hybridized carbons (Fsp3) is 0.520. The van der Waals surface area contributed by atoms with Crippen molar-refractivity contribution in [3.8, 4) is 16.9 Å². The first-order valence-corrected chi connectivity index (χ1v) is 11.3. The van der Waals surface area contributed by atoms with Crippen LogP contribution in [0.15, 0.2) is 48.8 Å². The van der Waals surface area contributed by atoms with Gasteiger partial charge in [-0.05, 0) is 74.9 Å². The van der Waals surface area contributed by atoms with Crippen LogP contribution >= 0.6 is 0 Å². The maximum absolute atomic E-state index is 12.9. The summed E-state index contributed by atoms with van der Waals surface area (Å²) in [5.41, 5.74) is 2.32. The smallest absolute Gasteiger partial charge is 0.225 e. The molecule has 5 heteroatoms. The van der Waals surface area contributed by atoms with Gasteiger partial charge in [-0.3, -0.25) is 14.7 Å². The molecule has 0 N–H and O–H groups in total. The van der Waals surface area contributed by atoms with Gasteiger partial charge in [0.1, 0.15) is 5.75 Å². The Kier molecular flexibility index (Phi) is 6.68. The van der Waals surface area contributed by atoms with Gasteiger partial charge in [0.25, 0.3) is 0 Å². The zero-order valence-electron chi connectivity index (χ0n) is 18.2. The van der Waals surface area contributed by atoms with Crippen LogP contribution in [0, 0.1) is 5.92 Å². The Morgan fingerprint density at radius 3 is 2.10 bits per heavy atom. The van der Waals surface area contributed by atoms with Gasteiger partial charge in [0.2, 0.25) is 5.91 Å². The molecule has 2 fully saturated rings. The number of hydrogen-bond donors (Lipinski definition) is 0. The molecule has 1 amide bonds. The lowest BCUT2D eigenvalue weighted by atomic mass is 9.86. The summed E-state index contributed by atoms with van der Waals surface area (Å²) in [5, 5.41) is 0. The minimum absolute atomic E-state index is 0.171. The summed E-state index contributed by atoms with van der Waals surface area (Å²) in [4.78, 5) is 21.5. The average Bonchev–Trinajstić information content (AvgIpc) is 2.80. The lowest BCUT2D eigenvalue weighted by molar-refractivity contribution is -0.139. The molecule has 2 heterocycles. The monoisotopic (exact) mass is 407 g/mol. The molecule has 1 aliphatic heterocycles. The Hall–Kier alpha value is -2.40. The number of carbonyl (C=O) groups is 1. The Morgan fingerprint density at radius 1 is 0.900 bits per heavy atom. The van der Waals surface area contributed by atoms with E-state index < -0.39 is 0 Å². The highest BCUT2D eigenvalue weighted by Gasteiger charge is 2.32. The number of amides is 1. The molecule has 1 saturated heterocycles. The lowest BCUT2D eigenvalue weighted by Crippen LogP contribution is -2.52. The maximum Gasteiger partial charge on any atom is 0.225 e. The molecule has 0 atom stereocenters. The van der Waals surface area contributed by atoms with Gasteiger partial charge in [0.15, 0.2) is 0 Å². The van der Waals surface area contributed by atoms with Gasteiger partial charge in [0.05, 0.1) is 6.10 Å². The van der Waals surface area contributed by atoms with E-state index in [1.165, 1.54) is 0 Å². The number of nitrogens with zero attached hydrogens (tertiary/aromatic N) is 3. The zero-order chi connectivity index (χ0) is 20.9. The SMILES string of the molecule is CC(C)N1CCN(C(=O)C2CCC(Oc3ccc(-c4ccncc4)cc3)CC2)CC1. The van der Waals surface area contributed by atoms with E-state index in [2.05, 4.69) is 40.8 Å². The minimum Gasteiger partial charge on any atom is -0.490 e. The van der Waals surface area contributed by atoms with Gasteiger partial charge in [0, 0.05) is 50.5 Å². The summed E-state index contributed by atoms with van der Waals surface area (Å²) in [7, 11) is 0. The minimum atomic E-state index is 0.171. The Morgan fingerprint density at radius 2 is 1.50 bits per heavy atom. The van der Waals surface area contributed by atoms with Crippen LogP contribution in [-0.4, -0.2) is 59.0 Å². The third-order valence-corrected chi connectivity index (χ3v) is 6.55. The van der Waals surface area contributed by atoms with E-state index in [-0.39, 0.29) is 12.0 Å². The van der Waals surface area contributed by atoms with E-state index in [1.54, 1.807) is 0 Å². The van der Waals surface area contributed by atoms with Crippen LogP contribution in [0.4, 0.5) is 0 Å². The summed E-state index contributed by atoms with van der Waals surface area (Å²) >= 11 is 0. The fourth-order valence-electron chi connectivity index (χ4n) is 4.61. The van der Waals surface area contributed by atoms with Crippen LogP contribution in [0.5, 0.6) is 5.75 Å². The van der Waals surface area contributed by atoms with Crippen LogP contribution in [0.1, 0.15) is 39.5 Å². The quantitative estimate of drug-likeness (QED) is 0.744. The second-order valence-electron chi connectivity index (χ2n) is 8.81. The summed E-state index contributed by atoms with van der Waals surface area (Å²) in [6.07, 6.45) is 7.60. The van der Waals surface area contributed by atoms with Crippen molar-refractivity contribution in [1.29, 1.82) is 0 Å². The van der Waals surface area contributed by atoms with Crippen molar-refractivity contribution in [2.24, 2.45) is 5.92 Å². The lowest BCUT2D eigenvalue weighted by Gasteiger charge is -2.39. The van der Waals surface area contributed by atoms with E-state index in [9.17, 15) is 4.79 Å². The molecule has 0 spiro atoms. The first-order chi connectivity index (χ1) is 14.6. The number of carbonyl (C=O) groups excluding carboxylic acids is 1. The molecule has 0 unspecified atom stereocenters. The molecule has 1 aromatic heterocycles. The Bertz CT molecular complexity index is 806. The number of ether oxygens (including phenoxy) is 1. The standard InChI is InChI=1S/C25H33N3O2/c1-19(2)27-15-17-28(18-16-27)25(29)22-5-9-24(10-6-22)30-23-7-3-20(4-8-23)21-11-13-26-14-12-21/h3-4,7-8,11-14,19,22,24H,5-6,9-10,15-18H2,1-2H3. The molecular formula is C25H33N3O2. The van der Waals surface area contributed by atoms with E-state index >= 15 is 0 Å². The second kappa shape index (κ2) is 9.61. The predicted octanol–water partition coefficient (Wildman–Crippen LogP) is 4.24.